The fourth-order valence-corrected chi connectivity index (χ4v) is 2.07. The topological polar surface area (TPSA) is 58.6 Å². The molecular formula is C16H23NO3. The van der Waals surface area contributed by atoms with Gasteiger partial charge in [0, 0.05) is 6.54 Å². The highest BCUT2D eigenvalue weighted by molar-refractivity contribution is 5.76. The average molecular weight is 277 g/mol. The summed E-state index contributed by atoms with van der Waals surface area (Å²) in [5.41, 5.74) is 2.21. The SMILES string of the molecule is Cc1ccc(C)c(OCCC(=O)NCC(O)C2CC2)c1. The summed E-state index contributed by atoms with van der Waals surface area (Å²) < 4.78 is 5.63. The average Bonchev–Trinajstić information content (AvgIpc) is 3.24. The van der Waals surface area contributed by atoms with Crippen LogP contribution >= 0.6 is 0 Å². The number of aryl methyl sites for hydroxylation is 2. The molecule has 1 atom stereocenters. The second-order valence-corrected chi connectivity index (χ2v) is 5.58. The number of ether oxygens (including phenoxy) is 1. The lowest BCUT2D eigenvalue weighted by molar-refractivity contribution is -0.122. The second kappa shape index (κ2) is 6.75. The van der Waals surface area contributed by atoms with Gasteiger partial charge < -0.3 is 15.2 Å². The number of amides is 1. The van der Waals surface area contributed by atoms with Crippen molar-refractivity contribution in [1.82, 2.24) is 5.32 Å². The Kier molecular flexibility index (Phi) is 5.01. The minimum absolute atomic E-state index is 0.0741. The first-order valence-electron chi connectivity index (χ1n) is 7.21. The molecule has 2 N–H and O–H groups in total. The molecule has 1 aromatic rings. The van der Waals surface area contributed by atoms with Gasteiger partial charge in [0.15, 0.2) is 0 Å². The van der Waals surface area contributed by atoms with E-state index in [0.29, 0.717) is 25.5 Å². The lowest BCUT2D eigenvalue weighted by Gasteiger charge is -2.12. The third kappa shape index (κ3) is 4.53. The minimum Gasteiger partial charge on any atom is -0.493 e. The predicted molar refractivity (Wildman–Crippen MR) is 77.8 cm³/mol. The molecule has 0 spiro atoms. The molecule has 1 amide bonds. The van der Waals surface area contributed by atoms with Crippen molar-refractivity contribution in [3.63, 3.8) is 0 Å². The number of benzene rings is 1. The summed E-state index contributed by atoms with van der Waals surface area (Å²) in [5.74, 6) is 1.15. The maximum absolute atomic E-state index is 11.6. The Hall–Kier alpha value is -1.55. The van der Waals surface area contributed by atoms with Gasteiger partial charge in [-0.15, -0.1) is 0 Å². The van der Waals surface area contributed by atoms with Crippen LogP contribution in [0.5, 0.6) is 5.75 Å². The number of nitrogens with one attached hydrogen (secondary N) is 1. The fraction of sp³-hybridized carbons (Fsp3) is 0.562. The van der Waals surface area contributed by atoms with E-state index in [9.17, 15) is 9.90 Å². The van der Waals surface area contributed by atoms with Crippen LogP contribution in [-0.4, -0.2) is 30.3 Å². The highest BCUT2D eigenvalue weighted by Gasteiger charge is 2.29. The monoisotopic (exact) mass is 277 g/mol. The normalized spacial score (nSPS) is 15.8. The van der Waals surface area contributed by atoms with Crippen LogP contribution in [0.2, 0.25) is 0 Å². The van der Waals surface area contributed by atoms with Crippen LogP contribution in [-0.2, 0) is 4.79 Å². The first-order chi connectivity index (χ1) is 9.56. The minimum atomic E-state index is -0.390. The number of hydrogen-bond acceptors (Lipinski definition) is 3. The van der Waals surface area contributed by atoms with E-state index in [2.05, 4.69) is 5.32 Å². The molecule has 1 unspecified atom stereocenters. The molecule has 0 aromatic heterocycles. The molecule has 4 heteroatoms. The third-order valence-corrected chi connectivity index (χ3v) is 3.60. The zero-order valence-electron chi connectivity index (χ0n) is 12.2. The second-order valence-electron chi connectivity index (χ2n) is 5.58. The predicted octanol–water partition coefficient (Wildman–Crippen LogP) is 1.96. The molecule has 2 rings (SSSR count). The summed E-state index contributed by atoms with van der Waals surface area (Å²) in [6.07, 6.45) is 2.07. The van der Waals surface area contributed by atoms with Crippen molar-refractivity contribution in [3.8, 4) is 5.75 Å². The molecule has 4 nitrogen and oxygen atoms in total. The van der Waals surface area contributed by atoms with E-state index in [1.54, 1.807) is 0 Å². The smallest absolute Gasteiger partial charge is 0.223 e. The van der Waals surface area contributed by atoms with E-state index in [1.807, 2.05) is 32.0 Å². The van der Waals surface area contributed by atoms with E-state index in [4.69, 9.17) is 4.74 Å². The van der Waals surface area contributed by atoms with Crippen molar-refractivity contribution in [1.29, 1.82) is 0 Å². The van der Waals surface area contributed by atoms with Crippen LogP contribution in [0, 0.1) is 19.8 Å². The van der Waals surface area contributed by atoms with Gasteiger partial charge in [-0.05, 0) is 49.8 Å². The lowest BCUT2D eigenvalue weighted by atomic mass is 10.1. The van der Waals surface area contributed by atoms with Crippen molar-refractivity contribution in [3.05, 3.63) is 29.3 Å². The van der Waals surface area contributed by atoms with Gasteiger partial charge in [0.1, 0.15) is 5.75 Å². The Balaban J connectivity index is 1.66. The zero-order valence-corrected chi connectivity index (χ0v) is 12.2. The highest BCUT2D eigenvalue weighted by Crippen LogP contribution is 2.32. The van der Waals surface area contributed by atoms with E-state index < -0.39 is 0 Å². The molecular weight excluding hydrogens is 254 g/mol. The van der Waals surface area contributed by atoms with Gasteiger partial charge in [0.05, 0.1) is 19.1 Å². The summed E-state index contributed by atoms with van der Waals surface area (Å²) >= 11 is 0. The number of aliphatic hydroxyl groups excluding tert-OH is 1. The Morgan fingerprint density at radius 2 is 2.20 bits per heavy atom. The van der Waals surface area contributed by atoms with Crippen molar-refractivity contribution in [2.24, 2.45) is 5.92 Å². The number of rotatable bonds is 7. The van der Waals surface area contributed by atoms with Crippen molar-refractivity contribution < 1.29 is 14.6 Å². The quantitative estimate of drug-likeness (QED) is 0.801. The van der Waals surface area contributed by atoms with Gasteiger partial charge in [0.25, 0.3) is 0 Å². The molecule has 1 fully saturated rings. The molecule has 20 heavy (non-hydrogen) atoms. The summed E-state index contributed by atoms with van der Waals surface area (Å²) in [4.78, 5) is 11.6. The Bertz CT molecular complexity index is 469. The van der Waals surface area contributed by atoms with Crippen molar-refractivity contribution in [2.45, 2.75) is 39.2 Å². The van der Waals surface area contributed by atoms with Crippen LogP contribution in [0.15, 0.2) is 18.2 Å². The Labute approximate surface area is 120 Å². The zero-order chi connectivity index (χ0) is 14.5. The summed E-state index contributed by atoms with van der Waals surface area (Å²) in [6, 6.07) is 6.02. The Morgan fingerprint density at radius 3 is 2.90 bits per heavy atom. The van der Waals surface area contributed by atoms with Gasteiger partial charge in [-0.25, -0.2) is 0 Å². The van der Waals surface area contributed by atoms with Gasteiger partial charge >= 0.3 is 0 Å². The van der Waals surface area contributed by atoms with Crippen LogP contribution in [0.25, 0.3) is 0 Å². The Morgan fingerprint density at radius 1 is 1.45 bits per heavy atom. The standard InChI is InChI=1S/C16H23NO3/c1-11-3-4-12(2)15(9-11)20-8-7-16(19)17-10-14(18)13-5-6-13/h3-4,9,13-14,18H,5-8,10H2,1-2H3,(H,17,19). The molecule has 0 aliphatic heterocycles. The van der Waals surface area contributed by atoms with Crippen LogP contribution in [0.4, 0.5) is 0 Å². The number of aliphatic hydroxyl groups is 1. The van der Waals surface area contributed by atoms with Gasteiger partial charge in [-0.1, -0.05) is 12.1 Å². The molecule has 0 heterocycles. The number of carbonyl (C=O) groups excluding carboxylic acids is 1. The lowest BCUT2D eigenvalue weighted by Crippen LogP contribution is -2.33. The van der Waals surface area contributed by atoms with Crippen molar-refractivity contribution in [2.75, 3.05) is 13.2 Å². The molecule has 0 radical (unpaired) electrons. The fourth-order valence-electron chi connectivity index (χ4n) is 2.07. The first kappa shape index (κ1) is 14.9. The van der Waals surface area contributed by atoms with Crippen LogP contribution in [0.1, 0.15) is 30.4 Å². The van der Waals surface area contributed by atoms with Gasteiger partial charge in [-0.3, -0.25) is 4.79 Å². The summed E-state index contributed by atoms with van der Waals surface area (Å²) in [7, 11) is 0. The molecule has 0 saturated heterocycles. The molecule has 1 aliphatic carbocycles. The van der Waals surface area contributed by atoms with Gasteiger partial charge in [0.2, 0.25) is 5.91 Å². The summed E-state index contributed by atoms with van der Waals surface area (Å²) in [6.45, 7) is 4.71. The maximum atomic E-state index is 11.6. The molecule has 1 aliphatic rings. The third-order valence-electron chi connectivity index (χ3n) is 3.60. The molecule has 110 valence electrons. The van der Waals surface area contributed by atoms with Crippen LogP contribution in [0.3, 0.4) is 0 Å². The summed E-state index contributed by atoms with van der Waals surface area (Å²) in [5, 5.41) is 12.4. The van der Waals surface area contributed by atoms with E-state index in [0.717, 1.165) is 29.7 Å². The highest BCUT2D eigenvalue weighted by atomic mass is 16.5. The first-order valence-corrected chi connectivity index (χ1v) is 7.21. The number of carbonyl (C=O) groups is 1. The van der Waals surface area contributed by atoms with Crippen molar-refractivity contribution >= 4 is 5.91 Å². The molecule has 1 aromatic carbocycles. The molecule has 1 saturated carbocycles. The van der Waals surface area contributed by atoms with E-state index >= 15 is 0 Å². The van der Waals surface area contributed by atoms with Gasteiger partial charge in [-0.2, -0.15) is 0 Å². The van der Waals surface area contributed by atoms with E-state index in [1.165, 1.54) is 0 Å². The molecule has 0 bridgehead atoms. The van der Waals surface area contributed by atoms with E-state index in [-0.39, 0.29) is 12.0 Å². The largest absolute Gasteiger partial charge is 0.493 e. The number of hydrogen-bond donors (Lipinski definition) is 2. The maximum Gasteiger partial charge on any atom is 0.223 e. The van der Waals surface area contributed by atoms with Crippen LogP contribution < -0.4 is 10.1 Å².